The number of aliphatic carboxylic acids is 1. The maximum absolute atomic E-state index is 12.9. The van der Waals surface area contributed by atoms with Crippen LogP contribution in [-0.4, -0.2) is 87.4 Å². The minimum Gasteiger partial charge on any atom is -0.477 e. The van der Waals surface area contributed by atoms with Crippen LogP contribution in [0.25, 0.3) is 0 Å². The van der Waals surface area contributed by atoms with Crippen LogP contribution in [0.2, 0.25) is 0 Å². The molecule has 0 spiro atoms. The SMILES string of the molecule is CCCCCCC/C=C\C/C=C\C/C=C\CCCCCCCCC(=O)OC(COC(=O)CCCCCCCCCCCCCCCCCCCCCCCCCCC)COC(OCC[N+](C)(C)C)C(=O)O. The number of quaternary nitrogens is 1. The monoisotopic (exact) mass is 1000 g/mol. The molecule has 0 saturated carbocycles. The van der Waals surface area contributed by atoms with E-state index >= 15 is 0 Å². The number of rotatable bonds is 56. The number of esters is 2. The highest BCUT2D eigenvalue weighted by molar-refractivity contribution is 5.71. The fourth-order valence-electron chi connectivity index (χ4n) is 8.73. The average Bonchev–Trinajstić information content (AvgIpc) is 3.34. The summed E-state index contributed by atoms with van der Waals surface area (Å²) in [5.74, 6) is -2.01. The quantitative estimate of drug-likeness (QED) is 0.0211. The molecular formula is C62H116NO8+. The molecule has 0 aromatic carbocycles. The number of carboxylic acids is 1. The van der Waals surface area contributed by atoms with Gasteiger partial charge in [0.1, 0.15) is 13.2 Å². The first-order chi connectivity index (χ1) is 34.6. The van der Waals surface area contributed by atoms with Crippen LogP contribution in [0, 0.1) is 0 Å². The molecule has 0 aliphatic heterocycles. The Bertz CT molecular complexity index is 1260. The highest BCUT2D eigenvalue weighted by atomic mass is 16.7. The van der Waals surface area contributed by atoms with E-state index in [1.807, 2.05) is 21.1 Å². The standard InChI is InChI=1S/C62H115NO8/c1-6-8-10-12-14-16-18-20-22-24-26-28-29-30-31-33-34-36-38-40-42-44-46-48-50-52-59(64)69-56-58(57-70-62(61(66)67)68-55-54-63(3,4)5)71-60(65)53-51-49-47-45-43-41-39-37-35-32-27-25-23-21-19-17-15-13-11-9-7-2/h19,21,25,27,35,37,58,62H,6-18,20,22-24,26,28-34,36,38-57H2,1-5H3/p+1/b21-19-,27-25-,37-35-. The largest absolute Gasteiger partial charge is 0.477 e. The Balaban J connectivity index is 4.21. The fraction of sp³-hybridized carbons (Fsp3) is 0.855. The zero-order valence-corrected chi connectivity index (χ0v) is 47.4. The van der Waals surface area contributed by atoms with Crippen molar-refractivity contribution in [3.05, 3.63) is 36.5 Å². The van der Waals surface area contributed by atoms with Crippen LogP contribution in [0.3, 0.4) is 0 Å². The van der Waals surface area contributed by atoms with Crippen LogP contribution in [0.5, 0.6) is 0 Å². The van der Waals surface area contributed by atoms with Crippen molar-refractivity contribution in [1.82, 2.24) is 0 Å². The van der Waals surface area contributed by atoms with Crippen LogP contribution in [0.4, 0.5) is 0 Å². The van der Waals surface area contributed by atoms with E-state index in [0.717, 1.165) is 57.8 Å². The summed E-state index contributed by atoms with van der Waals surface area (Å²) in [5, 5.41) is 9.71. The molecule has 2 atom stereocenters. The number of unbranched alkanes of at least 4 members (excludes halogenated alkanes) is 35. The molecule has 0 aromatic rings. The molecule has 0 aliphatic carbocycles. The van der Waals surface area contributed by atoms with E-state index in [0.29, 0.717) is 23.9 Å². The van der Waals surface area contributed by atoms with Gasteiger partial charge in [0.2, 0.25) is 0 Å². The maximum Gasteiger partial charge on any atom is 0.361 e. The third-order valence-electron chi connectivity index (χ3n) is 13.4. The highest BCUT2D eigenvalue weighted by Gasteiger charge is 2.25. The zero-order chi connectivity index (χ0) is 52.0. The molecule has 9 nitrogen and oxygen atoms in total. The average molecular weight is 1000 g/mol. The van der Waals surface area contributed by atoms with Crippen molar-refractivity contribution in [2.75, 3.05) is 47.5 Å². The minimum atomic E-state index is -1.51. The molecule has 416 valence electrons. The van der Waals surface area contributed by atoms with Gasteiger partial charge < -0.3 is 28.5 Å². The van der Waals surface area contributed by atoms with Gasteiger partial charge in [0.25, 0.3) is 6.29 Å². The summed E-state index contributed by atoms with van der Waals surface area (Å²) in [4.78, 5) is 37.4. The van der Waals surface area contributed by atoms with Crippen molar-refractivity contribution in [3.8, 4) is 0 Å². The summed E-state index contributed by atoms with van der Waals surface area (Å²) in [6, 6.07) is 0. The van der Waals surface area contributed by atoms with Crippen molar-refractivity contribution in [3.63, 3.8) is 0 Å². The normalized spacial score (nSPS) is 13.0. The Hall–Kier alpha value is -2.49. The van der Waals surface area contributed by atoms with Gasteiger partial charge in [-0.3, -0.25) is 9.59 Å². The molecule has 0 radical (unpaired) electrons. The predicted molar refractivity (Wildman–Crippen MR) is 300 cm³/mol. The molecular weight excluding hydrogens is 887 g/mol. The summed E-state index contributed by atoms with van der Waals surface area (Å²) in [7, 11) is 5.97. The van der Waals surface area contributed by atoms with Crippen LogP contribution in [0.15, 0.2) is 36.5 Å². The van der Waals surface area contributed by atoms with Crippen molar-refractivity contribution in [2.24, 2.45) is 0 Å². The highest BCUT2D eigenvalue weighted by Crippen LogP contribution is 2.17. The summed E-state index contributed by atoms with van der Waals surface area (Å²) >= 11 is 0. The van der Waals surface area contributed by atoms with Gasteiger partial charge in [-0.1, -0.05) is 256 Å². The lowest BCUT2D eigenvalue weighted by atomic mass is 10.0. The molecule has 1 N–H and O–H groups in total. The molecule has 0 aliphatic rings. The molecule has 0 saturated heterocycles. The number of nitrogens with zero attached hydrogens (tertiary/aromatic N) is 1. The Labute approximate surface area is 439 Å². The molecule has 71 heavy (non-hydrogen) atoms. The van der Waals surface area contributed by atoms with Gasteiger partial charge in [-0.2, -0.15) is 0 Å². The van der Waals surface area contributed by atoms with Crippen LogP contribution < -0.4 is 0 Å². The Morgan fingerprint density at radius 3 is 1.13 bits per heavy atom. The van der Waals surface area contributed by atoms with Crippen molar-refractivity contribution < 1.29 is 42.9 Å². The number of hydrogen-bond donors (Lipinski definition) is 1. The first-order valence-corrected chi connectivity index (χ1v) is 30.2. The van der Waals surface area contributed by atoms with Gasteiger partial charge in [-0.15, -0.1) is 0 Å². The second kappa shape index (κ2) is 53.8. The first kappa shape index (κ1) is 68.5. The molecule has 0 heterocycles. The summed E-state index contributed by atoms with van der Waals surface area (Å²) < 4.78 is 22.9. The van der Waals surface area contributed by atoms with Gasteiger partial charge in [0, 0.05) is 12.8 Å². The van der Waals surface area contributed by atoms with E-state index < -0.39 is 24.3 Å². The molecule has 2 unspecified atom stereocenters. The number of allylic oxidation sites excluding steroid dienone is 6. The van der Waals surface area contributed by atoms with Crippen molar-refractivity contribution in [2.45, 2.75) is 296 Å². The number of likely N-dealkylation sites (N-methyl/N-ethyl adjacent to an activating group) is 1. The fourth-order valence-corrected chi connectivity index (χ4v) is 8.73. The molecule has 0 rings (SSSR count). The first-order valence-electron chi connectivity index (χ1n) is 30.2. The molecule has 9 heteroatoms. The lowest BCUT2D eigenvalue weighted by Crippen LogP contribution is -2.40. The summed E-state index contributed by atoms with van der Waals surface area (Å²) in [5.41, 5.74) is 0. The zero-order valence-electron chi connectivity index (χ0n) is 47.4. The van der Waals surface area contributed by atoms with E-state index in [-0.39, 0.29) is 32.2 Å². The Morgan fingerprint density at radius 2 is 0.761 bits per heavy atom. The Kier molecular flexibility index (Phi) is 51.9. The van der Waals surface area contributed by atoms with E-state index in [4.69, 9.17) is 18.9 Å². The summed E-state index contributed by atoms with van der Waals surface area (Å²) in [6.45, 7) is 4.89. The van der Waals surface area contributed by atoms with E-state index in [9.17, 15) is 19.5 Å². The second-order valence-electron chi connectivity index (χ2n) is 21.7. The summed E-state index contributed by atoms with van der Waals surface area (Å²) in [6.07, 6.45) is 62.3. The smallest absolute Gasteiger partial charge is 0.361 e. The lowest BCUT2D eigenvalue weighted by Gasteiger charge is -2.25. The molecule has 0 bridgehead atoms. The number of carbonyl (C=O) groups excluding carboxylic acids is 2. The third-order valence-corrected chi connectivity index (χ3v) is 13.4. The second-order valence-corrected chi connectivity index (χ2v) is 21.7. The Morgan fingerprint density at radius 1 is 0.423 bits per heavy atom. The van der Waals surface area contributed by atoms with Gasteiger partial charge in [-0.05, 0) is 51.4 Å². The third kappa shape index (κ3) is 55.1. The molecule has 0 amide bonds. The molecule has 0 aromatic heterocycles. The number of hydrogen-bond acceptors (Lipinski definition) is 7. The van der Waals surface area contributed by atoms with E-state index in [1.54, 1.807) is 0 Å². The predicted octanol–water partition coefficient (Wildman–Crippen LogP) is 17.7. The van der Waals surface area contributed by atoms with Gasteiger partial charge in [0.15, 0.2) is 6.10 Å². The van der Waals surface area contributed by atoms with Crippen LogP contribution in [-0.2, 0) is 33.3 Å². The van der Waals surface area contributed by atoms with Crippen molar-refractivity contribution >= 4 is 17.9 Å². The van der Waals surface area contributed by atoms with Crippen LogP contribution in [0.1, 0.15) is 284 Å². The van der Waals surface area contributed by atoms with E-state index in [2.05, 4.69) is 50.3 Å². The lowest BCUT2D eigenvalue weighted by molar-refractivity contribution is -0.870. The number of carboxylic acid groups (broad SMARTS) is 1. The van der Waals surface area contributed by atoms with Crippen LogP contribution >= 0.6 is 0 Å². The van der Waals surface area contributed by atoms with Gasteiger partial charge in [-0.25, -0.2) is 4.79 Å². The topological polar surface area (TPSA) is 108 Å². The van der Waals surface area contributed by atoms with Gasteiger partial charge >= 0.3 is 17.9 Å². The number of carbonyl (C=O) groups is 3. The minimum absolute atomic E-state index is 0.184. The van der Waals surface area contributed by atoms with Gasteiger partial charge in [0.05, 0.1) is 34.4 Å². The van der Waals surface area contributed by atoms with E-state index in [1.165, 1.54) is 193 Å². The maximum atomic E-state index is 12.9. The van der Waals surface area contributed by atoms with Crippen molar-refractivity contribution in [1.29, 1.82) is 0 Å². The number of ether oxygens (including phenoxy) is 4. The molecule has 0 fully saturated rings.